The summed E-state index contributed by atoms with van der Waals surface area (Å²) < 4.78 is 21.8. The monoisotopic (exact) mass is 262 g/mol. The maximum Gasteiger partial charge on any atom is 0.191 e. The minimum absolute atomic E-state index is 0.0610. The van der Waals surface area contributed by atoms with Gasteiger partial charge < -0.3 is 11.1 Å². The highest BCUT2D eigenvalue weighted by molar-refractivity contribution is 7.98. The number of thioether (sulfide) groups is 1. The van der Waals surface area contributed by atoms with E-state index >= 15 is 0 Å². The smallest absolute Gasteiger partial charge is 0.191 e. The van der Waals surface area contributed by atoms with Crippen LogP contribution >= 0.6 is 11.8 Å². The van der Waals surface area contributed by atoms with Gasteiger partial charge in [-0.05, 0) is 6.26 Å². The van der Waals surface area contributed by atoms with Crippen molar-refractivity contribution in [3.8, 4) is 0 Å². The van der Waals surface area contributed by atoms with E-state index in [4.69, 9.17) is 5.73 Å². The fourth-order valence-corrected chi connectivity index (χ4v) is 1.85. The molecule has 0 bridgehead atoms. The second-order valence-corrected chi connectivity index (χ2v) is 6.25. The van der Waals surface area contributed by atoms with E-state index in [1.54, 1.807) is 6.07 Å². The van der Waals surface area contributed by atoms with Crippen molar-refractivity contribution in [3.05, 3.63) is 6.07 Å². The molecule has 16 heavy (non-hydrogen) atoms. The summed E-state index contributed by atoms with van der Waals surface area (Å²) in [4.78, 5) is 8.12. The van der Waals surface area contributed by atoms with Gasteiger partial charge in [-0.25, -0.2) is 18.4 Å². The number of anilines is 2. The largest absolute Gasteiger partial charge is 0.383 e. The molecule has 0 spiro atoms. The molecule has 0 saturated heterocycles. The van der Waals surface area contributed by atoms with E-state index in [-0.39, 0.29) is 5.75 Å². The highest BCUT2D eigenvalue weighted by Crippen LogP contribution is 2.14. The van der Waals surface area contributed by atoms with Gasteiger partial charge in [0.05, 0.1) is 5.75 Å². The zero-order valence-electron chi connectivity index (χ0n) is 9.10. The van der Waals surface area contributed by atoms with Crippen molar-refractivity contribution in [3.63, 3.8) is 0 Å². The molecule has 0 amide bonds. The number of nitrogens with zero attached hydrogens (tertiary/aromatic N) is 2. The average Bonchev–Trinajstić information content (AvgIpc) is 2.14. The van der Waals surface area contributed by atoms with E-state index in [0.717, 1.165) is 0 Å². The molecule has 1 aromatic heterocycles. The van der Waals surface area contributed by atoms with Crippen LogP contribution in [0.15, 0.2) is 11.2 Å². The summed E-state index contributed by atoms with van der Waals surface area (Å²) in [7, 11) is -2.96. The van der Waals surface area contributed by atoms with E-state index < -0.39 is 9.84 Å². The van der Waals surface area contributed by atoms with Crippen molar-refractivity contribution in [2.75, 3.05) is 35.9 Å². The predicted octanol–water partition coefficient (Wildman–Crippen LogP) is 0.237. The number of nitrogen functional groups attached to an aromatic ring is 1. The number of aromatic nitrogens is 2. The topological polar surface area (TPSA) is 98.0 Å². The third kappa shape index (κ3) is 4.67. The minimum Gasteiger partial charge on any atom is -0.383 e. The number of hydrogen-bond acceptors (Lipinski definition) is 7. The van der Waals surface area contributed by atoms with Gasteiger partial charge in [0.1, 0.15) is 21.5 Å². The molecular formula is C8H14N4O2S2. The molecule has 0 aliphatic heterocycles. The number of nitrogens with two attached hydrogens (primary N) is 1. The second-order valence-electron chi connectivity index (χ2n) is 3.22. The highest BCUT2D eigenvalue weighted by Gasteiger charge is 2.04. The Kier molecular flexibility index (Phi) is 4.36. The van der Waals surface area contributed by atoms with E-state index in [1.807, 2.05) is 6.26 Å². The molecular weight excluding hydrogens is 248 g/mol. The van der Waals surface area contributed by atoms with E-state index in [9.17, 15) is 8.42 Å². The quantitative estimate of drug-likeness (QED) is 0.579. The molecule has 0 atom stereocenters. The summed E-state index contributed by atoms with van der Waals surface area (Å²) >= 11 is 1.38. The zero-order valence-corrected chi connectivity index (χ0v) is 10.7. The molecule has 1 aromatic rings. The highest BCUT2D eigenvalue weighted by atomic mass is 32.2. The summed E-state index contributed by atoms with van der Waals surface area (Å²) in [5, 5.41) is 3.45. The van der Waals surface area contributed by atoms with Gasteiger partial charge in [0.15, 0.2) is 5.16 Å². The summed E-state index contributed by atoms with van der Waals surface area (Å²) in [5.41, 5.74) is 5.57. The fraction of sp³-hybridized carbons (Fsp3) is 0.500. The Balaban J connectivity index is 2.63. The Bertz CT molecular complexity index is 461. The molecule has 0 unspecified atom stereocenters. The molecule has 0 radical (unpaired) electrons. The average molecular weight is 262 g/mol. The molecule has 90 valence electrons. The van der Waals surface area contributed by atoms with Crippen molar-refractivity contribution >= 4 is 33.2 Å². The number of nitrogens with one attached hydrogen (secondary N) is 1. The van der Waals surface area contributed by atoms with E-state index in [0.29, 0.717) is 23.3 Å². The van der Waals surface area contributed by atoms with Crippen LogP contribution in [-0.4, -0.2) is 43.2 Å². The molecule has 0 saturated carbocycles. The van der Waals surface area contributed by atoms with Gasteiger partial charge in [-0.1, -0.05) is 11.8 Å². The predicted molar refractivity (Wildman–Crippen MR) is 66.4 cm³/mol. The molecule has 0 aliphatic carbocycles. The van der Waals surface area contributed by atoms with Crippen LogP contribution in [-0.2, 0) is 9.84 Å². The lowest BCUT2D eigenvalue weighted by Gasteiger charge is -2.06. The van der Waals surface area contributed by atoms with Crippen molar-refractivity contribution < 1.29 is 8.42 Å². The standard InChI is InChI=1S/C8H14N4O2S2/c1-15-8-11-6(9)5-7(12-8)10-3-4-16(2,13)14/h5H,3-4H2,1-2H3,(H3,9,10,11,12). The van der Waals surface area contributed by atoms with Crippen LogP contribution in [0.2, 0.25) is 0 Å². The van der Waals surface area contributed by atoms with Crippen LogP contribution in [0.5, 0.6) is 0 Å². The van der Waals surface area contributed by atoms with Crippen LogP contribution in [0.4, 0.5) is 11.6 Å². The molecule has 6 nitrogen and oxygen atoms in total. The van der Waals surface area contributed by atoms with E-state index in [2.05, 4.69) is 15.3 Å². The number of rotatable bonds is 5. The molecule has 1 heterocycles. The molecule has 3 N–H and O–H groups in total. The van der Waals surface area contributed by atoms with Gasteiger partial charge in [-0.15, -0.1) is 0 Å². The van der Waals surface area contributed by atoms with Gasteiger partial charge in [0, 0.05) is 18.9 Å². The lowest BCUT2D eigenvalue weighted by molar-refractivity contribution is 0.602. The molecule has 8 heteroatoms. The summed E-state index contributed by atoms with van der Waals surface area (Å²) in [5.74, 6) is 0.965. The normalized spacial score (nSPS) is 11.4. The van der Waals surface area contributed by atoms with Gasteiger partial charge in [0.25, 0.3) is 0 Å². The first-order chi connectivity index (χ1) is 7.40. The van der Waals surface area contributed by atoms with Crippen LogP contribution in [0.1, 0.15) is 0 Å². The lowest BCUT2D eigenvalue weighted by atomic mass is 10.5. The first-order valence-electron chi connectivity index (χ1n) is 4.51. The van der Waals surface area contributed by atoms with Crippen LogP contribution in [0.3, 0.4) is 0 Å². The van der Waals surface area contributed by atoms with Crippen molar-refractivity contribution in [1.29, 1.82) is 0 Å². The Hall–Kier alpha value is -1.02. The van der Waals surface area contributed by atoms with Crippen LogP contribution < -0.4 is 11.1 Å². The third-order valence-electron chi connectivity index (χ3n) is 1.69. The Morgan fingerprint density at radius 3 is 2.75 bits per heavy atom. The first kappa shape index (κ1) is 13.0. The zero-order chi connectivity index (χ0) is 12.2. The third-order valence-corrected chi connectivity index (χ3v) is 3.18. The molecule has 1 rings (SSSR count). The van der Waals surface area contributed by atoms with Gasteiger partial charge in [0.2, 0.25) is 0 Å². The summed E-state index contributed by atoms with van der Waals surface area (Å²) in [6.07, 6.45) is 3.03. The SMILES string of the molecule is CSc1nc(N)cc(NCCS(C)(=O)=O)n1. The molecule has 0 aromatic carbocycles. The maximum absolute atomic E-state index is 10.9. The first-order valence-corrected chi connectivity index (χ1v) is 7.79. The van der Waals surface area contributed by atoms with Crippen molar-refractivity contribution in [1.82, 2.24) is 9.97 Å². The summed E-state index contributed by atoms with van der Waals surface area (Å²) in [6, 6.07) is 1.57. The maximum atomic E-state index is 10.9. The Labute approximate surface area is 99.0 Å². The Morgan fingerprint density at radius 2 is 2.19 bits per heavy atom. The molecule has 0 fully saturated rings. The van der Waals surface area contributed by atoms with Gasteiger partial charge in [-0.2, -0.15) is 0 Å². The molecule has 0 aliphatic rings. The van der Waals surface area contributed by atoms with E-state index in [1.165, 1.54) is 18.0 Å². The van der Waals surface area contributed by atoms with Gasteiger partial charge >= 0.3 is 0 Å². The van der Waals surface area contributed by atoms with Crippen molar-refractivity contribution in [2.24, 2.45) is 0 Å². The number of hydrogen-bond donors (Lipinski definition) is 2. The fourth-order valence-electron chi connectivity index (χ4n) is 0.989. The Morgan fingerprint density at radius 1 is 1.50 bits per heavy atom. The number of sulfone groups is 1. The lowest BCUT2D eigenvalue weighted by Crippen LogP contribution is -2.15. The van der Waals surface area contributed by atoms with Crippen LogP contribution in [0.25, 0.3) is 0 Å². The summed E-state index contributed by atoms with van der Waals surface area (Å²) in [6.45, 7) is 0.309. The minimum atomic E-state index is -2.96. The van der Waals surface area contributed by atoms with Crippen LogP contribution in [0, 0.1) is 0 Å². The van der Waals surface area contributed by atoms with Crippen molar-refractivity contribution in [2.45, 2.75) is 5.16 Å². The van der Waals surface area contributed by atoms with Gasteiger partial charge in [-0.3, -0.25) is 0 Å². The second kappa shape index (κ2) is 5.35.